The minimum atomic E-state index is -0.102. The fraction of sp³-hybridized carbons (Fsp3) is 0.600. The van der Waals surface area contributed by atoms with Gasteiger partial charge in [0.15, 0.2) is 0 Å². The van der Waals surface area contributed by atoms with Gasteiger partial charge >= 0.3 is 0 Å². The molecule has 2 aliphatic rings. The molecule has 18 heavy (non-hydrogen) atoms. The Labute approximate surface area is 108 Å². The van der Waals surface area contributed by atoms with Crippen LogP contribution < -0.4 is 10.5 Å². The molecule has 0 unspecified atom stereocenters. The topological polar surface area (TPSA) is 44.5 Å². The van der Waals surface area contributed by atoms with E-state index in [-0.39, 0.29) is 5.54 Å². The highest BCUT2D eigenvalue weighted by Gasteiger charge is 2.34. The quantitative estimate of drug-likeness (QED) is 0.893. The first-order valence-corrected chi connectivity index (χ1v) is 6.90. The summed E-state index contributed by atoms with van der Waals surface area (Å²) in [5.41, 5.74) is 7.47. The molecule has 0 bridgehead atoms. The van der Waals surface area contributed by atoms with E-state index >= 15 is 0 Å². The molecule has 2 fully saturated rings. The van der Waals surface area contributed by atoms with E-state index in [1.807, 2.05) is 6.07 Å². The summed E-state index contributed by atoms with van der Waals surface area (Å²) in [5, 5.41) is 0. The van der Waals surface area contributed by atoms with Crippen molar-refractivity contribution >= 4 is 0 Å². The maximum absolute atomic E-state index is 6.35. The average Bonchev–Trinajstić information content (AvgIpc) is 2.37. The lowest BCUT2D eigenvalue weighted by molar-refractivity contribution is 0.0254. The highest BCUT2D eigenvalue weighted by atomic mass is 16.5. The molecule has 98 valence electrons. The minimum absolute atomic E-state index is 0.102. The van der Waals surface area contributed by atoms with E-state index in [0.29, 0.717) is 6.10 Å². The van der Waals surface area contributed by atoms with Crippen LogP contribution in [-0.2, 0) is 10.3 Å². The van der Waals surface area contributed by atoms with E-state index in [1.165, 1.54) is 12.0 Å². The molecule has 1 saturated carbocycles. The molecule has 1 aromatic rings. The molecule has 1 saturated heterocycles. The Morgan fingerprint density at radius 3 is 2.67 bits per heavy atom. The van der Waals surface area contributed by atoms with Crippen molar-refractivity contribution in [3.05, 3.63) is 29.8 Å². The van der Waals surface area contributed by atoms with Crippen LogP contribution in [0.3, 0.4) is 0 Å². The average molecular weight is 247 g/mol. The Balaban J connectivity index is 1.70. The first-order valence-electron chi connectivity index (χ1n) is 6.90. The number of hydrogen-bond acceptors (Lipinski definition) is 3. The standard InChI is InChI=1S/C15H21NO2/c16-15(7-2-8-15)12-3-1-4-14(11-12)18-13-5-9-17-10-6-13/h1,3-4,11,13H,2,5-10,16H2. The van der Waals surface area contributed by atoms with Crippen molar-refractivity contribution in [1.82, 2.24) is 0 Å². The molecule has 0 spiro atoms. The van der Waals surface area contributed by atoms with Crippen molar-refractivity contribution in [3.8, 4) is 5.75 Å². The number of rotatable bonds is 3. The highest BCUT2D eigenvalue weighted by Crippen LogP contribution is 2.39. The maximum Gasteiger partial charge on any atom is 0.120 e. The van der Waals surface area contributed by atoms with Crippen LogP contribution in [0, 0.1) is 0 Å². The van der Waals surface area contributed by atoms with Crippen LogP contribution in [0.5, 0.6) is 5.75 Å². The van der Waals surface area contributed by atoms with Crippen molar-refractivity contribution in [2.24, 2.45) is 5.73 Å². The van der Waals surface area contributed by atoms with Gasteiger partial charge < -0.3 is 15.2 Å². The molecular formula is C15H21NO2. The molecule has 0 aromatic heterocycles. The van der Waals surface area contributed by atoms with Crippen molar-refractivity contribution in [1.29, 1.82) is 0 Å². The number of ether oxygens (including phenoxy) is 2. The van der Waals surface area contributed by atoms with Crippen LogP contribution in [0.4, 0.5) is 0 Å². The van der Waals surface area contributed by atoms with Crippen molar-refractivity contribution in [2.45, 2.75) is 43.7 Å². The van der Waals surface area contributed by atoms with Gasteiger partial charge in [-0.15, -0.1) is 0 Å². The van der Waals surface area contributed by atoms with Crippen LogP contribution in [0.25, 0.3) is 0 Å². The largest absolute Gasteiger partial charge is 0.490 e. The van der Waals surface area contributed by atoms with Gasteiger partial charge in [0.2, 0.25) is 0 Å². The van der Waals surface area contributed by atoms with Gasteiger partial charge in [0, 0.05) is 18.4 Å². The van der Waals surface area contributed by atoms with Gasteiger partial charge in [0.05, 0.1) is 13.2 Å². The number of benzene rings is 1. The van der Waals surface area contributed by atoms with E-state index < -0.39 is 0 Å². The molecular weight excluding hydrogens is 226 g/mol. The third-order valence-corrected chi connectivity index (χ3v) is 4.13. The Morgan fingerprint density at radius 2 is 2.00 bits per heavy atom. The summed E-state index contributed by atoms with van der Waals surface area (Å²) in [7, 11) is 0. The zero-order valence-electron chi connectivity index (χ0n) is 10.7. The molecule has 3 rings (SSSR count). The predicted octanol–water partition coefficient (Wildman–Crippen LogP) is 2.58. The Morgan fingerprint density at radius 1 is 1.22 bits per heavy atom. The molecule has 2 N–H and O–H groups in total. The molecule has 3 heteroatoms. The lowest BCUT2D eigenvalue weighted by Crippen LogP contribution is -2.43. The summed E-state index contributed by atoms with van der Waals surface area (Å²) in [6.45, 7) is 1.62. The lowest BCUT2D eigenvalue weighted by Gasteiger charge is -2.38. The Hall–Kier alpha value is -1.06. The molecule has 3 nitrogen and oxygen atoms in total. The van der Waals surface area contributed by atoms with E-state index in [9.17, 15) is 0 Å². The molecule has 0 amide bonds. The van der Waals surface area contributed by atoms with E-state index in [0.717, 1.165) is 44.6 Å². The smallest absolute Gasteiger partial charge is 0.120 e. The molecule has 1 aliphatic carbocycles. The zero-order valence-corrected chi connectivity index (χ0v) is 10.7. The van der Waals surface area contributed by atoms with Crippen LogP contribution in [0.1, 0.15) is 37.7 Å². The third kappa shape index (κ3) is 2.38. The van der Waals surface area contributed by atoms with Gasteiger partial charge in [0.1, 0.15) is 11.9 Å². The summed E-state index contributed by atoms with van der Waals surface area (Å²) in [6.07, 6.45) is 5.68. The first kappa shape index (κ1) is 12.0. The van der Waals surface area contributed by atoms with Crippen LogP contribution >= 0.6 is 0 Å². The number of hydrogen-bond donors (Lipinski definition) is 1. The second-order valence-electron chi connectivity index (χ2n) is 5.47. The first-order chi connectivity index (χ1) is 8.76. The van der Waals surface area contributed by atoms with Crippen LogP contribution in [0.15, 0.2) is 24.3 Å². The van der Waals surface area contributed by atoms with Crippen molar-refractivity contribution < 1.29 is 9.47 Å². The maximum atomic E-state index is 6.35. The van der Waals surface area contributed by atoms with Crippen LogP contribution in [0.2, 0.25) is 0 Å². The summed E-state index contributed by atoms with van der Waals surface area (Å²) in [5.74, 6) is 0.955. The predicted molar refractivity (Wildman–Crippen MR) is 70.6 cm³/mol. The fourth-order valence-corrected chi connectivity index (χ4v) is 2.71. The molecule has 1 heterocycles. The number of nitrogens with two attached hydrogens (primary N) is 1. The van der Waals surface area contributed by atoms with Crippen molar-refractivity contribution in [3.63, 3.8) is 0 Å². The van der Waals surface area contributed by atoms with Crippen molar-refractivity contribution in [2.75, 3.05) is 13.2 Å². The third-order valence-electron chi connectivity index (χ3n) is 4.13. The SMILES string of the molecule is NC1(c2cccc(OC3CCOCC3)c2)CCC1. The molecule has 0 atom stereocenters. The van der Waals surface area contributed by atoms with Gasteiger partial charge in [-0.05, 0) is 37.0 Å². The Kier molecular flexibility index (Phi) is 3.27. The second-order valence-corrected chi connectivity index (χ2v) is 5.47. The van der Waals surface area contributed by atoms with E-state index in [4.69, 9.17) is 15.2 Å². The summed E-state index contributed by atoms with van der Waals surface area (Å²) in [6, 6.07) is 8.32. The monoisotopic (exact) mass is 247 g/mol. The minimum Gasteiger partial charge on any atom is -0.490 e. The van der Waals surface area contributed by atoms with Gasteiger partial charge in [-0.2, -0.15) is 0 Å². The molecule has 1 aliphatic heterocycles. The van der Waals surface area contributed by atoms with Gasteiger partial charge in [0.25, 0.3) is 0 Å². The molecule has 1 aromatic carbocycles. The zero-order chi connectivity index (χ0) is 12.4. The Bertz CT molecular complexity index is 409. The van der Waals surface area contributed by atoms with E-state index in [1.54, 1.807) is 0 Å². The summed E-state index contributed by atoms with van der Waals surface area (Å²) in [4.78, 5) is 0. The fourth-order valence-electron chi connectivity index (χ4n) is 2.71. The summed E-state index contributed by atoms with van der Waals surface area (Å²) < 4.78 is 11.4. The van der Waals surface area contributed by atoms with E-state index in [2.05, 4.69) is 18.2 Å². The second kappa shape index (κ2) is 4.90. The molecule has 0 radical (unpaired) electrons. The van der Waals surface area contributed by atoms with Crippen LogP contribution in [-0.4, -0.2) is 19.3 Å². The lowest BCUT2D eigenvalue weighted by atomic mass is 9.73. The van der Waals surface area contributed by atoms with Gasteiger partial charge in [-0.1, -0.05) is 12.1 Å². The van der Waals surface area contributed by atoms with Gasteiger partial charge in [-0.25, -0.2) is 0 Å². The van der Waals surface area contributed by atoms with Gasteiger partial charge in [-0.3, -0.25) is 0 Å². The highest BCUT2D eigenvalue weighted by molar-refractivity contribution is 5.34. The summed E-state index contributed by atoms with van der Waals surface area (Å²) >= 11 is 0. The normalized spacial score (nSPS) is 23.4.